The van der Waals surface area contributed by atoms with Gasteiger partial charge in [0.05, 0.1) is 12.8 Å². The summed E-state index contributed by atoms with van der Waals surface area (Å²) in [6.45, 7) is 1.96. The minimum absolute atomic E-state index is 0.199. The zero-order chi connectivity index (χ0) is 15.2. The number of anilines is 1. The molecule has 0 heterocycles. The summed E-state index contributed by atoms with van der Waals surface area (Å²) in [6.07, 6.45) is 3.27. The zero-order valence-corrected chi connectivity index (χ0v) is 13.5. The zero-order valence-electron chi connectivity index (χ0n) is 11.9. The number of hydrogen-bond acceptors (Lipinski definition) is 2. The van der Waals surface area contributed by atoms with Crippen molar-refractivity contribution in [1.29, 1.82) is 0 Å². The molecule has 21 heavy (non-hydrogen) atoms. The minimum atomic E-state index is -0.199. The first-order valence-electron chi connectivity index (χ1n) is 6.48. The van der Waals surface area contributed by atoms with E-state index in [1.54, 1.807) is 13.2 Å². The molecule has 0 radical (unpaired) electrons. The van der Waals surface area contributed by atoms with Gasteiger partial charge >= 0.3 is 0 Å². The summed E-state index contributed by atoms with van der Waals surface area (Å²) < 4.78 is 6.18. The average Bonchev–Trinajstić information content (AvgIpc) is 2.47. The summed E-state index contributed by atoms with van der Waals surface area (Å²) in [5.41, 5.74) is 2.67. The van der Waals surface area contributed by atoms with Gasteiger partial charge < -0.3 is 10.1 Å². The quantitative estimate of drug-likeness (QED) is 0.833. The molecule has 0 aromatic heterocycles. The molecule has 0 saturated carbocycles. The number of aryl methyl sites for hydroxylation is 1. The maximum Gasteiger partial charge on any atom is 0.248 e. The van der Waals surface area contributed by atoms with Gasteiger partial charge in [0.25, 0.3) is 0 Å². The largest absolute Gasteiger partial charge is 0.495 e. The normalized spacial score (nSPS) is 10.6. The van der Waals surface area contributed by atoms with Gasteiger partial charge in [-0.2, -0.15) is 0 Å². The van der Waals surface area contributed by atoms with Crippen LogP contribution in [0.2, 0.25) is 0 Å². The molecule has 0 bridgehead atoms. The Hall–Kier alpha value is -2.07. The lowest BCUT2D eigenvalue weighted by molar-refractivity contribution is -0.111. The van der Waals surface area contributed by atoms with Crippen LogP contribution in [0.25, 0.3) is 6.08 Å². The maximum absolute atomic E-state index is 12.0. The molecule has 0 aliphatic rings. The van der Waals surface area contributed by atoms with Crippen LogP contribution in [0.3, 0.4) is 0 Å². The first-order chi connectivity index (χ1) is 10.1. The van der Waals surface area contributed by atoms with E-state index in [2.05, 4.69) is 21.2 Å². The number of halogens is 1. The lowest BCUT2D eigenvalue weighted by Crippen LogP contribution is -2.09. The van der Waals surface area contributed by atoms with Crippen molar-refractivity contribution in [3.63, 3.8) is 0 Å². The molecule has 2 rings (SSSR count). The second-order valence-electron chi connectivity index (χ2n) is 4.55. The van der Waals surface area contributed by atoms with Crippen LogP contribution < -0.4 is 10.1 Å². The van der Waals surface area contributed by atoms with Crippen molar-refractivity contribution in [1.82, 2.24) is 0 Å². The van der Waals surface area contributed by atoms with E-state index in [-0.39, 0.29) is 5.91 Å². The highest BCUT2D eigenvalue weighted by atomic mass is 79.9. The summed E-state index contributed by atoms with van der Waals surface area (Å²) in [4.78, 5) is 12.0. The molecule has 0 unspecified atom stereocenters. The van der Waals surface area contributed by atoms with Crippen LogP contribution >= 0.6 is 15.9 Å². The number of carbonyl (C=O) groups excluding carboxylic acids is 1. The van der Waals surface area contributed by atoms with Crippen molar-refractivity contribution >= 4 is 33.6 Å². The molecule has 0 fully saturated rings. The first kappa shape index (κ1) is 15.3. The van der Waals surface area contributed by atoms with Gasteiger partial charge in [-0.15, -0.1) is 0 Å². The van der Waals surface area contributed by atoms with Gasteiger partial charge in [-0.05, 0) is 42.3 Å². The number of methoxy groups -OCH3 is 1. The number of hydrogen-bond donors (Lipinski definition) is 1. The Morgan fingerprint density at radius 1 is 1.24 bits per heavy atom. The minimum Gasteiger partial charge on any atom is -0.495 e. The van der Waals surface area contributed by atoms with E-state index in [9.17, 15) is 4.79 Å². The van der Waals surface area contributed by atoms with Crippen molar-refractivity contribution in [2.45, 2.75) is 6.92 Å². The second kappa shape index (κ2) is 7.09. The Bertz CT molecular complexity index is 680. The van der Waals surface area contributed by atoms with Gasteiger partial charge in [0.2, 0.25) is 5.91 Å². The topological polar surface area (TPSA) is 38.3 Å². The van der Waals surface area contributed by atoms with Gasteiger partial charge in [0.15, 0.2) is 0 Å². The van der Waals surface area contributed by atoms with E-state index in [0.29, 0.717) is 11.4 Å². The number of amides is 1. The molecular weight excluding hydrogens is 330 g/mol. The van der Waals surface area contributed by atoms with Crippen molar-refractivity contribution in [3.8, 4) is 5.75 Å². The Morgan fingerprint density at radius 3 is 2.71 bits per heavy atom. The predicted molar refractivity (Wildman–Crippen MR) is 89.5 cm³/mol. The lowest BCUT2D eigenvalue weighted by Gasteiger charge is -2.09. The number of nitrogens with one attached hydrogen (secondary N) is 1. The fourth-order valence-electron chi connectivity index (χ4n) is 1.87. The predicted octanol–water partition coefficient (Wildman–Crippen LogP) is 4.42. The first-order valence-corrected chi connectivity index (χ1v) is 7.27. The molecule has 1 N–H and O–H groups in total. The Kier molecular flexibility index (Phi) is 5.17. The highest BCUT2D eigenvalue weighted by Crippen LogP contribution is 2.25. The average molecular weight is 346 g/mol. The Balaban J connectivity index is 2.12. The number of ether oxygens (including phenoxy) is 1. The summed E-state index contributed by atoms with van der Waals surface area (Å²) in [5.74, 6) is 0.442. The SMILES string of the molecule is COc1ccc(C)cc1NC(=O)/C=C/c1ccccc1Br. The van der Waals surface area contributed by atoms with Crippen LogP contribution in [0.4, 0.5) is 5.69 Å². The summed E-state index contributed by atoms with van der Waals surface area (Å²) in [5, 5.41) is 2.83. The third-order valence-corrected chi connectivity index (χ3v) is 3.65. The third kappa shape index (κ3) is 4.20. The molecule has 1 amide bonds. The third-order valence-electron chi connectivity index (χ3n) is 2.93. The highest BCUT2D eigenvalue weighted by molar-refractivity contribution is 9.10. The van der Waals surface area contributed by atoms with Crippen molar-refractivity contribution in [2.24, 2.45) is 0 Å². The van der Waals surface area contributed by atoms with Crippen LogP contribution in [-0.4, -0.2) is 13.0 Å². The van der Waals surface area contributed by atoms with Crippen molar-refractivity contribution in [2.75, 3.05) is 12.4 Å². The monoisotopic (exact) mass is 345 g/mol. The number of benzene rings is 2. The fraction of sp³-hybridized carbons (Fsp3) is 0.118. The molecule has 0 saturated heterocycles. The van der Waals surface area contributed by atoms with Crippen molar-refractivity contribution < 1.29 is 9.53 Å². The van der Waals surface area contributed by atoms with E-state index in [1.807, 2.05) is 49.4 Å². The molecule has 3 nitrogen and oxygen atoms in total. The fourth-order valence-corrected chi connectivity index (χ4v) is 2.29. The number of carbonyl (C=O) groups is 1. The molecule has 108 valence electrons. The van der Waals surface area contributed by atoms with Crippen LogP contribution in [-0.2, 0) is 4.79 Å². The molecule has 2 aromatic rings. The molecule has 0 atom stereocenters. The van der Waals surface area contributed by atoms with E-state index >= 15 is 0 Å². The Labute approximate surface area is 132 Å². The van der Waals surface area contributed by atoms with E-state index in [4.69, 9.17) is 4.74 Å². The lowest BCUT2D eigenvalue weighted by atomic mass is 10.2. The Morgan fingerprint density at radius 2 is 2.00 bits per heavy atom. The molecule has 0 spiro atoms. The standard InChI is InChI=1S/C17H16BrNO2/c1-12-7-9-16(21-2)15(11-12)19-17(20)10-8-13-5-3-4-6-14(13)18/h3-11H,1-2H3,(H,19,20)/b10-8+. The van der Waals surface area contributed by atoms with E-state index in [1.165, 1.54) is 6.08 Å². The summed E-state index contributed by atoms with van der Waals surface area (Å²) >= 11 is 3.44. The summed E-state index contributed by atoms with van der Waals surface area (Å²) in [7, 11) is 1.58. The molecule has 2 aromatic carbocycles. The van der Waals surface area contributed by atoms with Gasteiger partial charge in [-0.25, -0.2) is 0 Å². The van der Waals surface area contributed by atoms with Crippen LogP contribution in [0.1, 0.15) is 11.1 Å². The molecular formula is C17H16BrNO2. The van der Waals surface area contributed by atoms with Gasteiger partial charge in [0, 0.05) is 10.5 Å². The summed E-state index contributed by atoms with van der Waals surface area (Å²) in [6, 6.07) is 13.4. The highest BCUT2D eigenvalue weighted by Gasteiger charge is 2.05. The van der Waals surface area contributed by atoms with E-state index in [0.717, 1.165) is 15.6 Å². The van der Waals surface area contributed by atoms with Gasteiger partial charge in [-0.3, -0.25) is 4.79 Å². The smallest absolute Gasteiger partial charge is 0.248 e. The number of rotatable bonds is 4. The van der Waals surface area contributed by atoms with Crippen LogP contribution in [0, 0.1) is 6.92 Å². The van der Waals surface area contributed by atoms with Gasteiger partial charge in [-0.1, -0.05) is 40.2 Å². The molecule has 4 heteroatoms. The van der Waals surface area contributed by atoms with Crippen molar-refractivity contribution in [3.05, 3.63) is 64.1 Å². The van der Waals surface area contributed by atoms with Crippen LogP contribution in [0.15, 0.2) is 53.0 Å². The maximum atomic E-state index is 12.0. The van der Waals surface area contributed by atoms with E-state index < -0.39 is 0 Å². The molecule has 0 aliphatic heterocycles. The molecule has 0 aliphatic carbocycles. The second-order valence-corrected chi connectivity index (χ2v) is 5.40. The van der Waals surface area contributed by atoms with Gasteiger partial charge in [0.1, 0.15) is 5.75 Å². The van der Waals surface area contributed by atoms with Crippen LogP contribution in [0.5, 0.6) is 5.75 Å².